The van der Waals surface area contributed by atoms with Crippen LogP contribution in [-0.2, 0) is 14.3 Å². The minimum Gasteiger partial charge on any atom is -0.455 e. The van der Waals surface area contributed by atoms with Crippen LogP contribution in [0.3, 0.4) is 0 Å². The number of Topliss-reactive ketones (excluding diaryl/α,β-unsaturated/α-hetero) is 1. The highest BCUT2D eigenvalue weighted by atomic mass is 16.6. The molecule has 0 saturated heterocycles. The maximum Gasteiger partial charge on any atom is 0.306 e. The van der Waals surface area contributed by atoms with Crippen LogP contribution < -0.4 is 0 Å². The Morgan fingerprint density at radius 1 is 1.28 bits per heavy atom. The van der Waals surface area contributed by atoms with Crippen LogP contribution in [0.1, 0.15) is 66.7 Å². The second kappa shape index (κ2) is 7.78. The molecule has 2 fully saturated rings. The van der Waals surface area contributed by atoms with Gasteiger partial charge in [-0.3, -0.25) is 9.59 Å². The zero-order chi connectivity index (χ0) is 23.6. The maximum absolute atomic E-state index is 14.2. The summed E-state index contributed by atoms with van der Waals surface area (Å²) < 4.78 is 5.79. The van der Waals surface area contributed by atoms with Crippen LogP contribution in [0.25, 0.3) is 0 Å². The molecule has 0 aliphatic heterocycles. The van der Waals surface area contributed by atoms with Gasteiger partial charge in [-0.2, -0.15) is 0 Å². The number of esters is 1. The van der Waals surface area contributed by atoms with E-state index in [4.69, 9.17) is 4.74 Å². The zero-order valence-corrected chi connectivity index (χ0v) is 19.9. The van der Waals surface area contributed by atoms with Crippen LogP contribution in [0.2, 0.25) is 0 Å². The number of aliphatic hydroxyl groups excluding tert-OH is 2. The van der Waals surface area contributed by atoms with Gasteiger partial charge < -0.3 is 20.1 Å². The quantitative estimate of drug-likeness (QED) is 0.329. The fourth-order valence-electron chi connectivity index (χ4n) is 7.30. The lowest BCUT2D eigenvalue weighted by Crippen LogP contribution is -2.65. The van der Waals surface area contributed by atoms with Gasteiger partial charge in [-0.25, -0.2) is 0 Å². The SMILES string of the molecule is CCCCCC(=O)O[C@H]1C(C)=CC23C(=O)C(C=C(CO)[C@@H](O)[C@]12O)[C@H]1[C@@H](C[C@H]3C)C1(C)C. The number of aliphatic hydroxyl groups is 3. The molecule has 6 heteroatoms. The number of ether oxygens (including phenoxy) is 1. The third kappa shape index (κ3) is 2.95. The molecule has 0 aromatic carbocycles. The lowest BCUT2D eigenvalue weighted by molar-refractivity contribution is -0.203. The second-order valence-electron chi connectivity index (χ2n) is 11.2. The topological polar surface area (TPSA) is 104 Å². The smallest absolute Gasteiger partial charge is 0.306 e. The first-order valence-corrected chi connectivity index (χ1v) is 12.1. The van der Waals surface area contributed by atoms with Gasteiger partial charge >= 0.3 is 5.97 Å². The van der Waals surface area contributed by atoms with Gasteiger partial charge in [0.25, 0.3) is 0 Å². The molecule has 2 unspecified atom stereocenters. The van der Waals surface area contributed by atoms with E-state index < -0.39 is 41.7 Å². The van der Waals surface area contributed by atoms with Gasteiger partial charge in [0.15, 0.2) is 17.5 Å². The summed E-state index contributed by atoms with van der Waals surface area (Å²) in [5.41, 5.74) is -2.60. The molecule has 0 radical (unpaired) electrons. The summed E-state index contributed by atoms with van der Waals surface area (Å²) in [4.78, 5) is 26.8. The van der Waals surface area contributed by atoms with Crippen molar-refractivity contribution in [3.63, 3.8) is 0 Å². The van der Waals surface area contributed by atoms with Crippen molar-refractivity contribution in [1.29, 1.82) is 0 Å². The third-order valence-electron chi connectivity index (χ3n) is 9.13. The summed E-state index contributed by atoms with van der Waals surface area (Å²) in [5, 5.41) is 33.8. The Morgan fingerprint density at radius 2 is 1.97 bits per heavy atom. The predicted octanol–water partition coefficient (Wildman–Crippen LogP) is 2.95. The highest BCUT2D eigenvalue weighted by Crippen LogP contribution is 2.71. The molecule has 2 saturated carbocycles. The largest absolute Gasteiger partial charge is 0.455 e. The number of unbranched alkanes of at least 4 members (excludes halogenated alkanes) is 2. The molecule has 32 heavy (non-hydrogen) atoms. The number of ketones is 1. The first kappa shape index (κ1) is 23.7. The van der Waals surface area contributed by atoms with E-state index in [0.29, 0.717) is 17.9 Å². The van der Waals surface area contributed by atoms with Gasteiger partial charge in [0.1, 0.15) is 6.10 Å². The molecule has 6 nitrogen and oxygen atoms in total. The van der Waals surface area contributed by atoms with Crippen LogP contribution in [0.15, 0.2) is 23.3 Å². The number of carbonyl (C=O) groups excluding carboxylic acids is 2. The summed E-state index contributed by atoms with van der Waals surface area (Å²) in [6, 6.07) is 0. The molecule has 0 aromatic rings. The number of fused-ring (bicyclic) bond motifs is 3. The second-order valence-corrected chi connectivity index (χ2v) is 11.2. The van der Waals surface area contributed by atoms with E-state index in [1.165, 1.54) is 0 Å². The molecule has 4 rings (SSSR count). The molecular formula is C26H38O6. The van der Waals surface area contributed by atoms with E-state index in [2.05, 4.69) is 13.8 Å². The van der Waals surface area contributed by atoms with E-state index in [1.54, 1.807) is 19.1 Å². The van der Waals surface area contributed by atoms with Crippen LogP contribution in [0.4, 0.5) is 0 Å². The number of rotatable bonds is 6. The van der Waals surface area contributed by atoms with Gasteiger partial charge in [0.2, 0.25) is 0 Å². The summed E-state index contributed by atoms with van der Waals surface area (Å²) in [7, 11) is 0. The summed E-state index contributed by atoms with van der Waals surface area (Å²) >= 11 is 0. The summed E-state index contributed by atoms with van der Waals surface area (Å²) in [5.74, 6) is -0.880. The summed E-state index contributed by atoms with van der Waals surface area (Å²) in [6.45, 7) is 9.63. The predicted molar refractivity (Wildman–Crippen MR) is 119 cm³/mol. The van der Waals surface area contributed by atoms with Crippen LogP contribution in [0, 0.1) is 34.5 Å². The van der Waals surface area contributed by atoms with E-state index in [-0.39, 0.29) is 35.0 Å². The fraction of sp³-hybridized carbons (Fsp3) is 0.769. The highest BCUT2D eigenvalue weighted by molar-refractivity contribution is 5.95. The highest BCUT2D eigenvalue weighted by Gasteiger charge is 2.76. The lowest BCUT2D eigenvalue weighted by atomic mass is 9.59. The molecule has 2 bridgehead atoms. The van der Waals surface area contributed by atoms with Crippen LogP contribution in [0.5, 0.6) is 0 Å². The molecule has 4 aliphatic rings. The maximum atomic E-state index is 14.2. The fourth-order valence-corrected chi connectivity index (χ4v) is 7.30. The molecule has 1 spiro atoms. The molecule has 3 N–H and O–H groups in total. The monoisotopic (exact) mass is 446 g/mol. The Morgan fingerprint density at radius 3 is 2.59 bits per heavy atom. The Bertz CT molecular complexity index is 872. The first-order chi connectivity index (χ1) is 15.0. The van der Waals surface area contributed by atoms with Crippen molar-refractivity contribution in [1.82, 2.24) is 0 Å². The van der Waals surface area contributed by atoms with Crippen molar-refractivity contribution in [3.05, 3.63) is 23.3 Å². The average molecular weight is 447 g/mol. The molecule has 4 aliphatic carbocycles. The third-order valence-corrected chi connectivity index (χ3v) is 9.13. The van der Waals surface area contributed by atoms with Crippen molar-refractivity contribution in [2.24, 2.45) is 34.5 Å². The lowest BCUT2D eigenvalue weighted by Gasteiger charge is -2.48. The van der Waals surface area contributed by atoms with Gasteiger partial charge in [-0.15, -0.1) is 0 Å². The Hall–Kier alpha value is -1.50. The number of hydrogen-bond acceptors (Lipinski definition) is 6. The molecule has 0 heterocycles. The minimum absolute atomic E-state index is 0.0107. The van der Waals surface area contributed by atoms with Gasteiger partial charge in [-0.1, -0.05) is 52.7 Å². The van der Waals surface area contributed by atoms with Crippen molar-refractivity contribution in [2.45, 2.75) is 84.5 Å². The van der Waals surface area contributed by atoms with Crippen LogP contribution in [-0.4, -0.2) is 51.5 Å². The number of allylic oxidation sites excluding steroid dienone is 1. The van der Waals surface area contributed by atoms with Crippen molar-refractivity contribution in [3.8, 4) is 0 Å². The van der Waals surface area contributed by atoms with Gasteiger partial charge in [0, 0.05) is 12.3 Å². The van der Waals surface area contributed by atoms with E-state index in [1.807, 2.05) is 13.8 Å². The van der Waals surface area contributed by atoms with E-state index in [0.717, 1.165) is 19.3 Å². The summed E-state index contributed by atoms with van der Waals surface area (Å²) in [6.07, 6.45) is 4.36. The zero-order valence-electron chi connectivity index (χ0n) is 19.9. The van der Waals surface area contributed by atoms with Gasteiger partial charge in [0.05, 0.1) is 12.0 Å². The van der Waals surface area contributed by atoms with Gasteiger partial charge in [-0.05, 0) is 54.1 Å². The van der Waals surface area contributed by atoms with E-state index >= 15 is 0 Å². The molecule has 178 valence electrons. The van der Waals surface area contributed by atoms with E-state index in [9.17, 15) is 24.9 Å². The number of hydrogen-bond donors (Lipinski definition) is 3. The van der Waals surface area contributed by atoms with Crippen LogP contribution >= 0.6 is 0 Å². The molecular weight excluding hydrogens is 408 g/mol. The molecule has 0 amide bonds. The van der Waals surface area contributed by atoms with Crippen molar-refractivity contribution < 1.29 is 29.6 Å². The Kier molecular flexibility index (Phi) is 5.75. The minimum atomic E-state index is -2.04. The van der Waals surface area contributed by atoms with Crippen molar-refractivity contribution >= 4 is 11.8 Å². The first-order valence-electron chi connectivity index (χ1n) is 12.1. The average Bonchev–Trinajstić information content (AvgIpc) is 3.22. The Labute approximate surface area is 190 Å². The van der Waals surface area contributed by atoms with Crippen molar-refractivity contribution in [2.75, 3.05) is 6.61 Å². The molecule has 0 aromatic heterocycles. The Balaban J connectivity index is 1.80. The molecule has 8 atom stereocenters. The normalized spacial score (nSPS) is 43.9. The number of carbonyl (C=O) groups is 2. The standard InChI is InChI=1S/C26H38O6/c1-6-7-8-9-19(28)32-23-14(2)12-25-15(3)10-18-20(24(18,4)5)17(22(25)30)11-16(13-27)21(29)26(23,25)31/h11-12,15,17-18,20-21,23,27,29,31H,6-10,13H2,1-5H3/t15-,17?,18-,20+,21-,23+,25?,26+/m1/s1.